The van der Waals surface area contributed by atoms with E-state index in [1.54, 1.807) is 0 Å². The van der Waals surface area contributed by atoms with Crippen LogP contribution in [0.3, 0.4) is 0 Å². The van der Waals surface area contributed by atoms with Crippen molar-refractivity contribution in [3.05, 3.63) is 0 Å². The molecule has 1 heterocycles. The highest BCUT2D eigenvalue weighted by atomic mass is 16.5. The Morgan fingerprint density at radius 2 is 2.50 bits per heavy atom. The summed E-state index contributed by atoms with van der Waals surface area (Å²) in [6.45, 7) is 1.44. The highest BCUT2D eigenvalue weighted by Crippen LogP contribution is 2.48. The number of rotatable bonds is 0. The summed E-state index contributed by atoms with van der Waals surface area (Å²) >= 11 is 0. The van der Waals surface area contributed by atoms with Crippen molar-refractivity contribution in [2.75, 3.05) is 13.2 Å². The first-order chi connectivity index (χ1) is 3.81. The summed E-state index contributed by atoms with van der Waals surface area (Å²) in [7, 11) is 0. The molecule has 2 atom stereocenters. The van der Waals surface area contributed by atoms with Crippen molar-refractivity contribution in [2.24, 2.45) is 5.92 Å². The number of aliphatic hydroxyl groups is 1. The van der Waals surface area contributed by atoms with Crippen molar-refractivity contribution in [3.63, 3.8) is 0 Å². The second-order valence-electron chi connectivity index (χ2n) is 2.85. The Hall–Kier alpha value is -0.0800. The lowest BCUT2D eigenvalue weighted by molar-refractivity contribution is -0.0202. The Labute approximate surface area is 48.5 Å². The van der Waals surface area contributed by atoms with E-state index in [1.165, 1.54) is 0 Å². The quantitative estimate of drug-likeness (QED) is 0.486. The molecule has 0 aromatic carbocycles. The number of ether oxygens (including phenoxy) is 1. The predicted molar refractivity (Wildman–Crippen MR) is 28.5 cm³/mol. The van der Waals surface area contributed by atoms with Crippen LogP contribution in [0.25, 0.3) is 0 Å². The van der Waals surface area contributed by atoms with Crippen molar-refractivity contribution in [1.82, 2.24) is 0 Å². The number of hydrogen-bond donors (Lipinski definition) is 1. The van der Waals surface area contributed by atoms with Gasteiger partial charge in [0.25, 0.3) is 0 Å². The van der Waals surface area contributed by atoms with Crippen molar-refractivity contribution in [1.29, 1.82) is 0 Å². The van der Waals surface area contributed by atoms with Gasteiger partial charge in [-0.1, -0.05) is 0 Å². The molecule has 1 aliphatic carbocycles. The van der Waals surface area contributed by atoms with Gasteiger partial charge in [-0.05, 0) is 18.8 Å². The molecule has 0 amide bonds. The molecule has 2 aliphatic rings. The molecule has 2 fully saturated rings. The van der Waals surface area contributed by atoms with Gasteiger partial charge < -0.3 is 9.84 Å². The van der Waals surface area contributed by atoms with Crippen LogP contribution >= 0.6 is 0 Å². The third-order valence-corrected chi connectivity index (χ3v) is 2.16. The Morgan fingerprint density at radius 3 is 3.00 bits per heavy atom. The summed E-state index contributed by atoms with van der Waals surface area (Å²) < 4.78 is 5.08. The monoisotopic (exact) mass is 114 g/mol. The molecule has 0 bridgehead atoms. The Balaban J connectivity index is 2.04. The van der Waals surface area contributed by atoms with Crippen molar-refractivity contribution in [3.8, 4) is 0 Å². The highest BCUT2D eigenvalue weighted by molar-refractivity contribution is 5.04. The van der Waals surface area contributed by atoms with Crippen LogP contribution in [0.4, 0.5) is 0 Å². The van der Waals surface area contributed by atoms with E-state index in [1.807, 2.05) is 0 Å². The van der Waals surface area contributed by atoms with Crippen LogP contribution in [0.1, 0.15) is 12.8 Å². The lowest BCUT2D eigenvalue weighted by Crippen LogP contribution is -2.24. The summed E-state index contributed by atoms with van der Waals surface area (Å²) in [4.78, 5) is 0. The fourth-order valence-electron chi connectivity index (χ4n) is 1.39. The molecule has 2 rings (SSSR count). The van der Waals surface area contributed by atoms with E-state index in [4.69, 9.17) is 4.74 Å². The molecule has 2 unspecified atom stereocenters. The van der Waals surface area contributed by atoms with Gasteiger partial charge in [-0.15, -0.1) is 0 Å². The molecule has 1 N–H and O–H groups in total. The first-order valence-corrected chi connectivity index (χ1v) is 3.11. The minimum absolute atomic E-state index is 0.377. The van der Waals surface area contributed by atoms with Crippen LogP contribution < -0.4 is 0 Å². The SMILES string of the molecule is OC12COCCC1C2. The van der Waals surface area contributed by atoms with E-state index in [2.05, 4.69) is 0 Å². The zero-order chi connectivity index (χ0) is 5.61. The van der Waals surface area contributed by atoms with Gasteiger partial charge in [0, 0.05) is 6.61 Å². The second kappa shape index (κ2) is 1.25. The van der Waals surface area contributed by atoms with Gasteiger partial charge in [0.05, 0.1) is 12.2 Å². The Kier molecular flexibility index (Phi) is 0.746. The average Bonchev–Trinajstić information content (AvgIpc) is 2.39. The zero-order valence-electron chi connectivity index (χ0n) is 4.76. The lowest BCUT2D eigenvalue weighted by Gasteiger charge is -2.15. The van der Waals surface area contributed by atoms with E-state index < -0.39 is 0 Å². The molecule has 1 aliphatic heterocycles. The average molecular weight is 114 g/mol. The summed E-state index contributed by atoms with van der Waals surface area (Å²) in [6, 6.07) is 0. The van der Waals surface area contributed by atoms with Gasteiger partial charge in [-0.3, -0.25) is 0 Å². The van der Waals surface area contributed by atoms with Gasteiger partial charge >= 0.3 is 0 Å². The molecule has 0 aromatic rings. The van der Waals surface area contributed by atoms with E-state index in [-0.39, 0.29) is 5.60 Å². The largest absolute Gasteiger partial charge is 0.387 e. The molecule has 0 radical (unpaired) electrons. The van der Waals surface area contributed by atoms with Gasteiger partial charge in [-0.25, -0.2) is 0 Å². The first-order valence-electron chi connectivity index (χ1n) is 3.11. The predicted octanol–water partition coefficient (Wildman–Crippen LogP) is 0.158. The fourth-order valence-corrected chi connectivity index (χ4v) is 1.39. The normalized spacial score (nSPS) is 52.9. The molecule has 2 heteroatoms. The summed E-state index contributed by atoms with van der Waals surface area (Å²) in [5.74, 6) is 0.580. The number of hydrogen-bond acceptors (Lipinski definition) is 2. The second-order valence-corrected chi connectivity index (χ2v) is 2.85. The maximum absolute atomic E-state index is 9.32. The Bertz CT molecular complexity index is 111. The molecular weight excluding hydrogens is 104 g/mol. The molecule has 8 heavy (non-hydrogen) atoms. The van der Waals surface area contributed by atoms with Crippen molar-refractivity contribution >= 4 is 0 Å². The van der Waals surface area contributed by atoms with Crippen molar-refractivity contribution in [2.45, 2.75) is 18.4 Å². The maximum atomic E-state index is 9.32. The van der Waals surface area contributed by atoms with E-state index in [0.717, 1.165) is 19.4 Å². The van der Waals surface area contributed by atoms with Crippen LogP contribution in [0.15, 0.2) is 0 Å². The first kappa shape index (κ1) is 4.77. The van der Waals surface area contributed by atoms with Crippen LogP contribution in [0, 0.1) is 5.92 Å². The lowest BCUT2D eigenvalue weighted by atomic mass is 10.2. The molecule has 0 spiro atoms. The standard InChI is InChI=1S/C6H10O2/c7-6-3-5(6)1-2-8-4-6/h5,7H,1-4H2. The molecule has 1 saturated heterocycles. The highest BCUT2D eigenvalue weighted by Gasteiger charge is 2.54. The molecule has 2 nitrogen and oxygen atoms in total. The van der Waals surface area contributed by atoms with Gasteiger partial charge in [0.2, 0.25) is 0 Å². The van der Waals surface area contributed by atoms with E-state index in [0.29, 0.717) is 12.5 Å². The third-order valence-electron chi connectivity index (χ3n) is 2.16. The third kappa shape index (κ3) is 0.501. The maximum Gasteiger partial charge on any atom is 0.0913 e. The number of fused-ring (bicyclic) bond motifs is 1. The molecule has 1 saturated carbocycles. The zero-order valence-corrected chi connectivity index (χ0v) is 4.76. The van der Waals surface area contributed by atoms with Crippen LogP contribution in [0.5, 0.6) is 0 Å². The van der Waals surface area contributed by atoms with E-state index in [9.17, 15) is 5.11 Å². The van der Waals surface area contributed by atoms with Gasteiger partial charge in [-0.2, -0.15) is 0 Å². The van der Waals surface area contributed by atoms with Gasteiger partial charge in [0.1, 0.15) is 0 Å². The summed E-state index contributed by atoms with van der Waals surface area (Å²) in [5, 5.41) is 9.32. The van der Waals surface area contributed by atoms with Crippen LogP contribution in [-0.2, 0) is 4.74 Å². The molecular formula is C6H10O2. The van der Waals surface area contributed by atoms with Crippen molar-refractivity contribution < 1.29 is 9.84 Å². The van der Waals surface area contributed by atoms with Gasteiger partial charge in [0.15, 0.2) is 0 Å². The summed E-state index contributed by atoms with van der Waals surface area (Å²) in [6.07, 6.45) is 2.05. The van der Waals surface area contributed by atoms with E-state index >= 15 is 0 Å². The summed E-state index contributed by atoms with van der Waals surface area (Å²) in [5.41, 5.74) is -0.377. The molecule has 46 valence electrons. The smallest absolute Gasteiger partial charge is 0.0913 e. The minimum atomic E-state index is -0.377. The minimum Gasteiger partial charge on any atom is -0.387 e. The van der Waals surface area contributed by atoms with Crippen LogP contribution in [0.2, 0.25) is 0 Å². The topological polar surface area (TPSA) is 29.5 Å². The molecule has 0 aromatic heterocycles. The Morgan fingerprint density at radius 1 is 1.62 bits per heavy atom. The fraction of sp³-hybridized carbons (Fsp3) is 1.00. The van der Waals surface area contributed by atoms with Crippen LogP contribution in [-0.4, -0.2) is 23.9 Å².